The number of nitrogens with one attached hydrogen (secondary N) is 2. The molecule has 0 fully saturated rings. The Kier molecular flexibility index (Phi) is 4.62. The highest BCUT2D eigenvalue weighted by molar-refractivity contribution is 7.15. The van der Waals surface area contributed by atoms with Crippen LogP contribution in [-0.2, 0) is 4.79 Å². The van der Waals surface area contributed by atoms with Gasteiger partial charge >= 0.3 is 0 Å². The first-order valence-electron chi connectivity index (χ1n) is 7.52. The van der Waals surface area contributed by atoms with Gasteiger partial charge in [0.2, 0.25) is 11.8 Å². The molecule has 0 aliphatic heterocycles. The maximum Gasteiger partial charge on any atom is 0.257 e. The van der Waals surface area contributed by atoms with E-state index < -0.39 is 0 Å². The van der Waals surface area contributed by atoms with E-state index in [1.807, 2.05) is 13.0 Å². The molecule has 2 amide bonds. The van der Waals surface area contributed by atoms with E-state index in [1.165, 1.54) is 18.3 Å². The molecule has 3 rings (SSSR count). The van der Waals surface area contributed by atoms with Crippen molar-refractivity contribution in [2.75, 3.05) is 10.6 Å². The molecule has 2 N–H and O–H groups in total. The van der Waals surface area contributed by atoms with E-state index in [9.17, 15) is 9.59 Å². The summed E-state index contributed by atoms with van der Waals surface area (Å²) in [5.41, 5.74) is 1.84. The summed E-state index contributed by atoms with van der Waals surface area (Å²) in [6, 6.07) is 8.50. The quantitative estimate of drug-likeness (QED) is 0.744. The topological polar surface area (TPSA) is 97.1 Å². The van der Waals surface area contributed by atoms with Crippen molar-refractivity contribution in [3.8, 4) is 10.8 Å². The number of amides is 2. The van der Waals surface area contributed by atoms with Gasteiger partial charge in [-0.05, 0) is 37.3 Å². The molecule has 0 atom stereocenters. The van der Waals surface area contributed by atoms with Crippen molar-refractivity contribution in [2.24, 2.45) is 0 Å². The van der Waals surface area contributed by atoms with Crippen molar-refractivity contribution in [3.05, 3.63) is 46.7 Å². The van der Waals surface area contributed by atoms with Gasteiger partial charge in [-0.1, -0.05) is 0 Å². The molecule has 0 bridgehead atoms. The summed E-state index contributed by atoms with van der Waals surface area (Å²) in [6.45, 7) is 5.07. The summed E-state index contributed by atoms with van der Waals surface area (Å²) in [4.78, 5) is 25.2. The Hall–Kier alpha value is -3.00. The largest absolute Gasteiger partial charge is 0.420 e. The standard InChI is InChI=1S/C17H16N4O3S/c1-9-14(8-15(25-9)17-21-20-11(3)24-17)19-16(23)12-4-6-13(7-5-12)18-10(2)22/h4-8H,1-3H3,(H,18,22)(H,19,23). The second-order valence-electron chi connectivity index (χ2n) is 5.42. The van der Waals surface area contributed by atoms with Crippen LogP contribution in [0.5, 0.6) is 0 Å². The molecule has 0 radical (unpaired) electrons. The van der Waals surface area contributed by atoms with Gasteiger partial charge in [-0.3, -0.25) is 9.59 Å². The second-order valence-corrected chi connectivity index (χ2v) is 6.68. The Labute approximate surface area is 148 Å². The average molecular weight is 356 g/mol. The van der Waals surface area contributed by atoms with Gasteiger partial charge in [0.15, 0.2) is 0 Å². The van der Waals surface area contributed by atoms with E-state index in [2.05, 4.69) is 20.8 Å². The van der Waals surface area contributed by atoms with Crippen molar-refractivity contribution >= 4 is 34.5 Å². The third-order valence-electron chi connectivity index (χ3n) is 3.37. The lowest BCUT2D eigenvalue weighted by Gasteiger charge is -2.06. The number of benzene rings is 1. The summed E-state index contributed by atoms with van der Waals surface area (Å²) in [5.74, 6) is 0.537. The van der Waals surface area contributed by atoms with Gasteiger partial charge in [0, 0.05) is 30.0 Å². The normalized spacial score (nSPS) is 10.5. The fourth-order valence-electron chi connectivity index (χ4n) is 2.21. The fraction of sp³-hybridized carbons (Fsp3) is 0.176. The zero-order valence-electron chi connectivity index (χ0n) is 13.9. The molecule has 0 saturated heterocycles. The summed E-state index contributed by atoms with van der Waals surface area (Å²) in [5, 5.41) is 13.3. The number of aromatic nitrogens is 2. The van der Waals surface area contributed by atoms with E-state index in [1.54, 1.807) is 31.2 Å². The third-order valence-corrected chi connectivity index (χ3v) is 4.41. The highest BCUT2D eigenvalue weighted by Gasteiger charge is 2.15. The van der Waals surface area contributed by atoms with Crippen molar-refractivity contribution in [1.82, 2.24) is 10.2 Å². The van der Waals surface area contributed by atoms with Gasteiger partial charge in [-0.2, -0.15) is 0 Å². The first-order chi connectivity index (χ1) is 11.9. The molecule has 7 nitrogen and oxygen atoms in total. The lowest BCUT2D eigenvalue weighted by Crippen LogP contribution is -2.12. The van der Waals surface area contributed by atoms with Crippen LogP contribution in [0.1, 0.15) is 28.0 Å². The Bertz CT molecular complexity index is 928. The molecule has 0 aliphatic carbocycles. The minimum absolute atomic E-state index is 0.158. The number of anilines is 2. The summed E-state index contributed by atoms with van der Waals surface area (Å²) in [6.07, 6.45) is 0. The predicted molar refractivity (Wildman–Crippen MR) is 95.8 cm³/mol. The van der Waals surface area contributed by atoms with Gasteiger partial charge in [0.05, 0.1) is 10.6 Å². The van der Waals surface area contributed by atoms with Crippen LogP contribution in [0.3, 0.4) is 0 Å². The lowest BCUT2D eigenvalue weighted by molar-refractivity contribution is -0.114. The zero-order chi connectivity index (χ0) is 18.0. The second kappa shape index (κ2) is 6.86. The van der Waals surface area contributed by atoms with Crippen LogP contribution < -0.4 is 10.6 Å². The van der Waals surface area contributed by atoms with Crippen molar-refractivity contribution in [3.63, 3.8) is 0 Å². The lowest BCUT2D eigenvalue weighted by atomic mass is 10.2. The smallest absolute Gasteiger partial charge is 0.257 e. The number of carbonyl (C=O) groups is 2. The van der Waals surface area contributed by atoms with E-state index in [0.717, 1.165) is 9.75 Å². The predicted octanol–water partition coefficient (Wildman–Crippen LogP) is 3.63. The van der Waals surface area contributed by atoms with E-state index in [4.69, 9.17) is 4.42 Å². The Balaban J connectivity index is 1.74. The van der Waals surface area contributed by atoms with E-state index in [-0.39, 0.29) is 11.8 Å². The Morgan fingerprint density at radius 2 is 1.80 bits per heavy atom. The fourth-order valence-corrected chi connectivity index (χ4v) is 3.11. The molecular formula is C17H16N4O3S. The molecule has 1 aromatic carbocycles. The molecule has 25 heavy (non-hydrogen) atoms. The van der Waals surface area contributed by atoms with Crippen molar-refractivity contribution in [1.29, 1.82) is 0 Å². The molecular weight excluding hydrogens is 340 g/mol. The molecule has 128 valence electrons. The van der Waals surface area contributed by atoms with Crippen LogP contribution in [-0.4, -0.2) is 22.0 Å². The minimum atomic E-state index is -0.233. The maximum atomic E-state index is 12.4. The number of hydrogen-bond donors (Lipinski definition) is 2. The minimum Gasteiger partial charge on any atom is -0.420 e. The summed E-state index contributed by atoms with van der Waals surface area (Å²) in [7, 11) is 0. The van der Waals surface area contributed by atoms with Crippen LogP contribution in [0.25, 0.3) is 10.8 Å². The first kappa shape index (κ1) is 16.8. The first-order valence-corrected chi connectivity index (χ1v) is 8.34. The van der Waals surface area contributed by atoms with Crippen LogP contribution >= 0.6 is 11.3 Å². The van der Waals surface area contributed by atoms with Gasteiger partial charge < -0.3 is 15.1 Å². The van der Waals surface area contributed by atoms with Crippen molar-refractivity contribution in [2.45, 2.75) is 20.8 Å². The molecule has 8 heteroatoms. The van der Waals surface area contributed by atoms with Crippen LogP contribution in [0.4, 0.5) is 11.4 Å². The number of aryl methyl sites for hydroxylation is 2. The highest BCUT2D eigenvalue weighted by atomic mass is 32.1. The summed E-state index contributed by atoms with van der Waals surface area (Å²) >= 11 is 1.47. The van der Waals surface area contributed by atoms with Crippen LogP contribution in [0.2, 0.25) is 0 Å². The van der Waals surface area contributed by atoms with Gasteiger partial charge in [-0.15, -0.1) is 21.5 Å². The summed E-state index contributed by atoms with van der Waals surface area (Å²) < 4.78 is 5.41. The molecule has 3 aromatic rings. The monoisotopic (exact) mass is 356 g/mol. The van der Waals surface area contributed by atoms with Crippen LogP contribution in [0.15, 0.2) is 34.7 Å². The molecule has 2 heterocycles. The third kappa shape index (κ3) is 3.92. The Morgan fingerprint density at radius 1 is 1.08 bits per heavy atom. The number of carbonyl (C=O) groups excluding carboxylic acids is 2. The SMILES string of the molecule is CC(=O)Nc1ccc(C(=O)Nc2cc(-c3nnc(C)o3)sc2C)cc1. The Morgan fingerprint density at radius 3 is 2.40 bits per heavy atom. The molecule has 2 aromatic heterocycles. The molecule has 0 aliphatic rings. The van der Waals surface area contributed by atoms with E-state index >= 15 is 0 Å². The van der Waals surface area contributed by atoms with E-state index in [0.29, 0.717) is 28.7 Å². The zero-order valence-corrected chi connectivity index (χ0v) is 14.7. The van der Waals surface area contributed by atoms with Gasteiger partial charge in [0.1, 0.15) is 0 Å². The van der Waals surface area contributed by atoms with Crippen molar-refractivity contribution < 1.29 is 14.0 Å². The molecule has 0 saturated carbocycles. The van der Waals surface area contributed by atoms with Crippen LogP contribution in [0, 0.1) is 13.8 Å². The number of rotatable bonds is 4. The number of thiophene rings is 1. The molecule has 0 unspecified atom stereocenters. The average Bonchev–Trinajstić information content (AvgIpc) is 3.14. The van der Waals surface area contributed by atoms with Gasteiger partial charge in [0.25, 0.3) is 11.8 Å². The molecule has 0 spiro atoms. The number of nitrogens with zero attached hydrogens (tertiary/aromatic N) is 2. The highest BCUT2D eigenvalue weighted by Crippen LogP contribution is 2.33. The number of hydrogen-bond acceptors (Lipinski definition) is 6. The van der Waals surface area contributed by atoms with Gasteiger partial charge in [-0.25, -0.2) is 0 Å². The maximum absolute atomic E-state index is 12.4.